The first kappa shape index (κ1) is 11.7. The van der Waals surface area contributed by atoms with Gasteiger partial charge in [0, 0.05) is 5.38 Å². The van der Waals surface area contributed by atoms with Crippen LogP contribution in [0.4, 0.5) is 5.13 Å². The van der Waals surface area contributed by atoms with Crippen LogP contribution in [0.1, 0.15) is 31.9 Å². The predicted octanol–water partition coefficient (Wildman–Crippen LogP) is 2.38. The molecule has 1 rings (SSSR count). The molecule has 3 N–H and O–H groups in total. The Kier molecular flexibility index (Phi) is 4.30. The smallest absolute Gasteiger partial charge is 0.337 e. The number of anilines is 1. The zero-order valence-electron chi connectivity index (χ0n) is 8.56. The number of carboxylic acid groups (broad SMARTS) is 1. The molecular weight excluding hydrogens is 212 g/mol. The molecule has 5 heteroatoms. The number of thiazole rings is 1. The number of aliphatic carboxylic acids is 1. The van der Waals surface area contributed by atoms with Gasteiger partial charge < -0.3 is 10.8 Å². The van der Waals surface area contributed by atoms with Gasteiger partial charge >= 0.3 is 5.97 Å². The topological polar surface area (TPSA) is 76.2 Å². The van der Waals surface area contributed by atoms with Crippen molar-refractivity contribution in [3.63, 3.8) is 0 Å². The zero-order valence-corrected chi connectivity index (χ0v) is 9.38. The van der Waals surface area contributed by atoms with E-state index in [-0.39, 0.29) is 5.57 Å². The number of rotatable bonds is 5. The summed E-state index contributed by atoms with van der Waals surface area (Å²) in [6, 6.07) is 0. The van der Waals surface area contributed by atoms with E-state index < -0.39 is 5.97 Å². The molecule has 0 spiro atoms. The van der Waals surface area contributed by atoms with Gasteiger partial charge in [-0.1, -0.05) is 25.8 Å². The maximum atomic E-state index is 11.0. The summed E-state index contributed by atoms with van der Waals surface area (Å²) in [5.74, 6) is -0.948. The number of unbranched alkanes of at least 4 members (excludes halogenated alkanes) is 2. The van der Waals surface area contributed by atoms with Crippen molar-refractivity contribution in [1.29, 1.82) is 0 Å². The van der Waals surface area contributed by atoms with Crippen LogP contribution in [0, 0.1) is 0 Å². The molecule has 15 heavy (non-hydrogen) atoms. The van der Waals surface area contributed by atoms with Crippen molar-refractivity contribution in [1.82, 2.24) is 4.98 Å². The van der Waals surface area contributed by atoms with Crippen LogP contribution in [0.3, 0.4) is 0 Å². The summed E-state index contributed by atoms with van der Waals surface area (Å²) >= 11 is 1.25. The number of nitrogen functional groups attached to an aromatic ring is 1. The molecule has 0 saturated carbocycles. The van der Waals surface area contributed by atoms with Gasteiger partial charge in [0.15, 0.2) is 5.13 Å². The Balaban J connectivity index is 2.83. The fraction of sp³-hybridized carbons (Fsp3) is 0.400. The molecular formula is C10H14N2O2S. The van der Waals surface area contributed by atoms with Crippen LogP contribution < -0.4 is 5.73 Å². The van der Waals surface area contributed by atoms with E-state index in [1.165, 1.54) is 11.3 Å². The van der Waals surface area contributed by atoms with Gasteiger partial charge in [0.25, 0.3) is 0 Å². The van der Waals surface area contributed by atoms with Gasteiger partial charge in [-0.3, -0.25) is 0 Å². The Morgan fingerprint density at radius 2 is 2.47 bits per heavy atom. The molecule has 0 aliphatic heterocycles. The zero-order chi connectivity index (χ0) is 11.3. The van der Waals surface area contributed by atoms with E-state index in [1.54, 1.807) is 11.5 Å². The fourth-order valence-corrected chi connectivity index (χ4v) is 1.73. The van der Waals surface area contributed by atoms with E-state index >= 15 is 0 Å². The highest BCUT2D eigenvalue weighted by Crippen LogP contribution is 2.20. The van der Waals surface area contributed by atoms with E-state index in [9.17, 15) is 4.79 Å². The van der Waals surface area contributed by atoms with Gasteiger partial charge in [-0.05, 0) is 6.42 Å². The fourth-order valence-electron chi connectivity index (χ4n) is 1.16. The second-order valence-electron chi connectivity index (χ2n) is 3.14. The van der Waals surface area contributed by atoms with Crippen molar-refractivity contribution in [2.75, 3.05) is 5.73 Å². The standard InChI is InChI=1S/C10H14N2O2S/c1-2-3-4-5-7(9(13)14)8-6-15-10(11)12-8/h5-6H,2-4H2,1H3,(H2,11,12)(H,13,14)/b7-5-. The molecule has 0 bridgehead atoms. The molecule has 0 aliphatic rings. The molecule has 0 aliphatic carbocycles. The van der Waals surface area contributed by atoms with Crippen molar-refractivity contribution in [3.05, 3.63) is 17.2 Å². The molecule has 1 aromatic rings. The van der Waals surface area contributed by atoms with Crippen LogP contribution in [-0.2, 0) is 4.79 Å². The lowest BCUT2D eigenvalue weighted by Crippen LogP contribution is -2.00. The van der Waals surface area contributed by atoms with Crippen molar-refractivity contribution in [2.24, 2.45) is 0 Å². The largest absolute Gasteiger partial charge is 0.478 e. The Morgan fingerprint density at radius 1 is 1.73 bits per heavy atom. The normalized spacial score (nSPS) is 11.7. The Morgan fingerprint density at radius 3 is 2.93 bits per heavy atom. The number of carboxylic acids is 1. The number of hydrogen-bond acceptors (Lipinski definition) is 4. The Bertz CT molecular complexity index is 371. The highest BCUT2D eigenvalue weighted by atomic mass is 32.1. The summed E-state index contributed by atoms with van der Waals surface area (Å²) in [5, 5.41) is 11.1. The minimum Gasteiger partial charge on any atom is -0.478 e. The first-order valence-corrected chi connectivity index (χ1v) is 5.68. The lowest BCUT2D eigenvalue weighted by molar-refractivity contribution is -0.130. The van der Waals surface area contributed by atoms with Crippen LogP contribution in [0.2, 0.25) is 0 Å². The van der Waals surface area contributed by atoms with Gasteiger partial charge in [0.2, 0.25) is 0 Å². The maximum Gasteiger partial charge on any atom is 0.337 e. The third-order valence-electron chi connectivity index (χ3n) is 1.93. The first-order valence-electron chi connectivity index (χ1n) is 4.80. The number of carbonyl (C=O) groups is 1. The molecule has 0 fully saturated rings. The summed E-state index contributed by atoms with van der Waals surface area (Å²) in [5.41, 5.74) is 6.16. The molecule has 0 saturated heterocycles. The minimum absolute atomic E-state index is 0.247. The molecule has 0 atom stereocenters. The molecule has 0 amide bonds. The van der Waals surface area contributed by atoms with Gasteiger partial charge in [-0.2, -0.15) is 0 Å². The Labute approximate surface area is 92.5 Å². The molecule has 0 radical (unpaired) electrons. The van der Waals surface area contributed by atoms with Crippen molar-refractivity contribution < 1.29 is 9.90 Å². The number of allylic oxidation sites excluding steroid dienone is 1. The highest BCUT2D eigenvalue weighted by molar-refractivity contribution is 7.13. The van der Waals surface area contributed by atoms with Crippen LogP contribution in [0.25, 0.3) is 5.57 Å². The van der Waals surface area contributed by atoms with Crippen LogP contribution in [0.5, 0.6) is 0 Å². The lowest BCUT2D eigenvalue weighted by Gasteiger charge is -1.97. The lowest BCUT2D eigenvalue weighted by atomic mass is 10.1. The van der Waals surface area contributed by atoms with Gasteiger partial charge in [-0.15, -0.1) is 11.3 Å². The van der Waals surface area contributed by atoms with Crippen molar-refractivity contribution in [2.45, 2.75) is 26.2 Å². The van der Waals surface area contributed by atoms with Crippen LogP contribution in [-0.4, -0.2) is 16.1 Å². The van der Waals surface area contributed by atoms with E-state index in [0.29, 0.717) is 10.8 Å². The van der Waals surface area contributed by atoms with E-state index in [2.05, 4.69) is 11.9 Å². The van der Waals surface area contributed by atoms with Crippen molar-refractivity contribution in [3.8, 4) is 0 Å². The predicted molar refractivity (Wildman–Crippen MR) is 61.7 cm³/mol. The van der Waals surface area contributed by atoms with Crippen LogP contribution >= 0.6 is 11.3 Å². The molecule has 82 valence electrons. The molecule has 1 aromatic heterocycles. The summed E-state index contributed by atoms with van der Waals surface area (Å²) in [7, 11) is 0. The van der Waals surface area contributed by atoms with Crippen LogP contribution in [0.15, 0.2) is 11.5 Å². The summed E-state index contributed by atoms with van der Waals surface area (Å²) in [4.78, 5) is 14.9. The third-order valence-corrected chi connectivity index (χ3v) is 2.61. The summed E-state index contributed by atoms with van der Waals surface area (Å²) in [6.45, 7) is 2.06. The van der Waals surface area contributed by atoms with E-state index in [0.717, 1.165) is 19.3 Å². The molecule has 1 heterocycles. The number of aromatic nitrogens is 1. The minimum atomic E-state index is -0.948. The second-order valence-corrected chi connectivity index (χ2v) is 4.03. The summed E-state index contributed by atoms with van der Waals surface area (Å²) in [6.07, 6.45) is 4.49. The molecule has 0 aromatic carbocycles. The number of nitrogens with two attached hydrogens (primary N) is 1. The summed E-state index contributed by atoms with van der Waals surface area (Å²) < 4.78 is 0. The second kappa shape index (κ2) is 5.50. The quantitative estimate of drug-likeness (QED) is 0.597. The van der Waals surface area contributed by atoms with E-state index in [4.69, 9.17) is 10.8 Å². The third kappa shape index (κ3) is 3.36. The highest BCUT2D eigenvalue weighted by Gasteiger charge is 2.12. The SMILES string of the molecule is CCCC/C=C(\C(=O)O)c1csc(N)n1. The molecule has 0 unspecified atom stereocenters. The maximum absolute atomic E-state index is 11.0. The van der Waals surface area contributed by atoms with E-state index in [1.807, 2.05) is 0 Å². The Hall–Kier alpha value is -1.36. The molecule has 4 nitrogen and oxygen atoms in total. The van der Waals surface area contributed by atoms with Crippen molar-refractivity contribution >= 4 is 28.0 Å². The number of hydrogen-bond donors (Lipinski definition) is 2. The van der Waals surface area contributed by atoms with Gasteiger partial charge in [-0.25, -0.2) is 9.78 Å². The number of nitrogens with zero attached hydrogens (tertiary/aromatic N) is 1. The monoisotopic (exact) mass is 226 g/mol. The van der Waals surface area contributed by atoms with Gasteiger partial charge in [0.1, 0.15) is 0 Å². The average molecular weight is 226 g/mol. The first-order chi connectivity index (χ1) is 7.15. The van der Waals surface area contributed by atoms with Gasteiger partial charge in [0.05, 0.1) is 11.3 Å². The average Bonchev–Trinajstić information content (AvgIpc) is 2.59.